The molecule has 0 aliphatic heterocycles. The zero-order valence-corrected chi connectivity index (χ0v) is 18.3. The van der Waals surface area contributed by atoms with Crippen LogP contribution in [0.5, 0.6) is 5.75 Å². The van der Waals surface area contributed by atoms with E-state index in [0.29, 0.717) is 24.3 Å². The van der Waals surface area contributed by atoms with E-state index < -0.39 is 23.7 Å². The Morgan fingerprint density at radius 2 is 1.53 bits per heavy atom. The Balaban J connectivity index is 1.45. The van der Waals surface area contributed by atoms with Crippen LogP contribution in [0.25, 0.3) is 0 Å². The van der Waals surface area contributed by atoms with Crippen LogP contribution in [0.15, 0.2) is 30.3 Å². The summed E-state index contributed by atoms with van der Waals surface area (Å²) in [7, 11) is 0. The highest BCUT2D eigenvalue weighted by Crippen LogP contribution is 2.41. The molecule has 2 aliphatic carbocycles. The summed E-state index contributed by atoms with van der Waals surface area (Å²) in [6, 6.07) is 9.57. The van der Waals surface area contributed by atoms with Crippen LogP contribution in [0.2, 0.25) is 0 Å². The molecule has 0 saturated heterocycles. The molecule has 1 saturated carbocycles. The van der Waals surface area contributed by atoms with Crippen molar-refractivity contribution in [3.05, 3.63) is 64.2 Å². The summed E-state index contributed by atoms with van der Waals surface area (Å²) >= 11 is 0. The first-order valence-corrected chi connectivity index (χ1v) is 11.6. The minimum Gasteiger partial charge on any atom is -0.399 e. The van der Waals surface area contributed by atoms with Crippen LogP contribution in [0, 0.1) is 17.6 Å². The maximum absolute atomic E-state index is 14.5. The predicted octanol–water partition coefficient (Wildman–Crippen LogP) is 8.21. The Morgan fingerprint density at radius 1 is 0.906 bits per heavy atom. The molecule has 0 amide bonds. The minimum absolute atomic E-state index is 0.0880. The van der Waals surface area contributed by atoms with Crippen LogP contribution >= 0.6 is 0 Å². The van der Waals surface area contributed by atoms with Crippen molar-refractivity contribution in [1.29, 1.82) is 0 Å². The van der Waals surface area contributed by atoms with Crippen molar-refractivity contribution < 1.29 is 26.7 Å². The average molecular weight is 453 g/mol. The quantitative estimate of drug-likeness (QED) is 0.415. The summed E-state index contributed by atoms with van der Waals surface area (Å²) < 4.78 is 69.7. The maximum atomic E-state index is 14.5. The van der Waals surface area contributed by atoms with E-state index in [1.807, 2.05) is 0 Å². The number of halogens is 5. The fraction of sp³-hybridized carbons (Fsp3) is 0.538. The van der Waals surface area contributed by atoms with Crippen LogP contribution in [-0.2, 0) is 12.8 Å². The largest absolute Gasteiger partial charge is 0.573 e. The van der Waals surface area contributed by atoms with Gasteiger partial charge < -0.3 is 4.74 Å². The summed E-state index contributed by atoms with van der Waals surface area (Å²) in [5.41, 5.74) is 3.01. The molecule has 0 radical (unpaired) electrons. The van der Waals surface area contributed by atoms with Gasteiger partial charge in [-0.05, 0) is 91.0 Å². The van der Waals surface area contributed by atoms with Crippen molar-refractivity contribution in [3.8, 4) is 5.75 Å². The smallest absolute Gasteiger partial charge is 0.399 e. The van der Waals surface area contributed by atoms with Crippen LogP contribution in [0.4, 0.5) is 22.0 Å². The van der Waals surface area contributed by atoms with Crippen molar-refractivity contribution >= 4 is 0 Å². The molecule has 2 aromatic carbocycles. The van der Waals surface area contributed by atoms with Gasteiger partial charge in [-0.15, -0.1) is 13.2 Å². The van der Waals surface area contributed by atoms with Crippen molar-refractivity contribution in [1.82, 2.24) is 0 Å². The lowest BCUT2D eigenvalue weighted by Gasteiger charge is -2.29. The highest BCUT2D eigenvalue weighted by Gasteiger charge is 2.36. The molecule has 174 valence electrons. The van der Waals surface area contributed by atoms with Crippen LogP contribution < -0.4 is 4.74 Å². The molecule has 2 aliphatic rings. The fourth-order valence-corrected chi connectivity index (χ4v) is 5.55. The third kappa shape index (κ3) is 5.10. The second-order valence-corrected chi connectivity index (χ2v) is 9.30. The Bertz CT molecular complexity index is 927. The van der Waals surface area contributed by atoms with E-state index in [4.69, 9.17) is 0 Å². The van der Waals surface area contributed by atoms with Gasteiger partial charge in [-0.3, -0.25) is 0 Å². The van der Waals surface area contributed by atoms with Gasteiger partial charge >= 0.3 is 6.36 Å². The zero-order chi connectivity index (χ0) is 22.9. The molecule has 1 fully saturated rings. The van der Waals surface area contributed by atoms with E-state index in [-0.39, 0.29) is 17.9 Å². The van der Waals surface area contributed by atoms with E-state index in [1.165, 1.54) is 44.1 Å². The summed E-state index contributed by atoms with van der Waals surface area (Å²) in [6.45, 7) is 2.24. The van der Waals surface area contributed by atoms with E-state index in [2.05, 4.69) is 35.9 Å². The molecule has 0 N–H and O–H groups in total. The van der Waals surface area contributed by atoms with Gasteiger partial charge in [0.2, 0.25) is 5.75 Å². The Morgan fingerprint density at radius 3 is 2.12 bits per heavy atom. The molecule has 0 heterocycles. The zero-order valence-electron chi connectivity index (χ0n) is 18.3. The average Bonchev–Trinajstić information content (AvgIpc) is 2.76. The lowest BCUT2D eigenvalue weighted by atomic mass is 9.76. The lowest BCUT2D eigenvalue weighted by Crippen LogP contribution is -2.21. The van der Waals surface area contributed by atoms with Gasteiger partial charge in [-0.25, -0.2) is 8.78 Å². The molecule has 32 heavy (non-hydrogen) atoms. The summed E-state index contributed by atoms with van der Waals surface area (Å²) in [5, 5.41) is 0. The van der Waals surface area contributed by atoms with E-state index in [0.717, 1.165) is 17.5 Å². The summed E-state index contributed by atoms with van der Waals surface area (Å²) in [5.74, 6) is -2.35. The standard InChI is InChI=1S/C26H29F5O/c1-2-3-16-4-6-17(7-5-16)18-8-10-19(11-9-18)20-12-13-22-21(14-20)15-23(27)25(24(22)28)32-26(29,30)31/h8-11,15-17,20H,2-7,12-14H2,1H3. The SMILES string of the molecule is CCCC1CCC(c2ccc(C3CCc4c(cc(F)c(OC(F)(F)F)c4F)C3)cc2)CC1. The number of hydrogen-bond donors (Lipinski definition) is 0. The Hall–Kier alpha value is -2.11. The molecular weight excluding hydrogens is 423 g/mol. The van der Waals surface area contributed by atoms with Crippen LogP contribution in [0.3, 0.4) is 0 Å². The second kappa shape index (κ2) is 9.40. The van der Waals surface area contributed by atoms with E-state index in [9.17, 15) is 22.0 Å². The first kappa shape index (κ1) is 23.1. The molecular formula is C26H29F5O. The fourth-order valence-electron chi connectivity index (χ4n) is 5.55. The number of hydrogen-bond acceptors (Lipinski definition) is 1. The van der Waals surface area contributed by atoms with Crippen LogP contribution in [0.1, 0.15) is 86.0 Å². The van der Waals surface area contributed by atoms with Gasteiger partial charge in [-0.2, -0.15) is 0 Å². The van der Waals surface area contributed by atoms with Gasteiger partial charge in [0.05, 0.1) is 0 Å². The molecule has 6 heteroatoms. The highest BCUT2D eigenvalue weighted by molar-refractivity contribution is 5.42. The molecule has 0 spiro atoms. The minimum atomic E-state index is -5.13. The van der Waals surface area contributed by atoms with Gasteiger partial charge in [-0.1, -0.05) is 44.0 Å². The van der Waals surface area contributed by atoms with Gasteiger partial charge in [0.1, 0.15) is 0 Å². The van der Waals surface area contributed by atoms with Crippen LogP contribution in [-0.4, -0.2) is 6.36 Å². The monoisotopic (exact) mass is 452 g/mol. The molecule has 4 rings (SSSR count). The summed E-state index contributed by atoms with van der Waals surface area (Å²) in [6.07, 6.45) is 3.71. The third-order valence-corrected chi connectivity index (χ3v) is 7.22. The Kier molecular flexibility index (Phi) is 6.78. The number of rotatable bonds is 5. The van der Waals surface area contributed by atoms with Crippen molar-refractivity contribution in [2.24, 2.45) is 5.92 Å². The normalized spacial score (nSPS) is 23.6. The van der Waals surface area contributed by atoms with E-state index >= 15 is 0 Å². The summed E-state index contributed by atoms with van der Waals surface area (Å²) in [4.78, 5) is 0. The third-order valence-electron chi connectivity index (χ3n) is 7.22. The molecule has 2 aromatic rings. The second-order valence-electron chi connectivity index (χ2n) is 9.30. The Labute approximate surface area is 186 Å². The topological polar surface area (TPSA) is 9.23 Å². The number of ether oxygens (including phenoxy) is 1. The number of alkyl halides is 3. The van der Waals surface area contributed by atoms with Crippen molar-refractivity contribution in [3.63, 3.8) is 0 Å². The van der Waals surface area contributed by atoms with Gasteiger partial charge in [0.25, 0.3) is 0 Å². The van der Waals surface area contributed by atoms with E-state index in [1.54, 1.807) is 0 Å². The maximum Gasteiger partial charge on any atom is 0.573 e. The number of fused-ring (bicyclic) bond motifs is 1. The first-order chi connectivity index (χ1) is 15.2. The predicted molar refractivity (Wildman–Crippen MR) is 114 cm³/mol. The highest BCUT2D eigenvalue weighted by atomic mass is 19.4. The molecule has 0 bridgehead atoms. The molecule has 1 atom stereocenters. The van der Waals surface area contributed by atoms with Gasteiger partial charge in [0.15, 0.2) is 11.6 Å². The first-order valence-electron chi connectivity index (χ1n) is 11.6. The van der Waals surface area contributed by atoms with Crippen molar-refractivity contribution in [2.45, 2.75) is 82.9 Å². The molecule has 1 nitrogen and oxygen atoms in total. The molecule has 0 aromatic heterocycles. The van der Waals surface area contributed by atoms with Gasteiger partial charge in [0, 0.05) is 0 Å². The number of benzene rings is 2. The molecule has 1 unspecified atom stereocenters. The van der Waals surface area contributed by atoms with Crippen molar-refractivity contribution in [2.75, 3.05) is 0 Å². The lowest BCUT2D eigenvalue weighted by molar-refractivity contribution is -0.276.